The summed E-state index contributed by atoms with van der Waals surface area (Å²) in [6, 6.07) is -4.92. The molecular formula is C21H28O4. The maximum atomic E-state index is 10.6. The molecule has 2 aromatic rings. The lowest BCUT2D eigenvalue weighted by Gasteiger charge is -2.13. The first-order valence-electron chi connectivity index (χ1n) is 15.2. The Morgan fingerprint density at radius 3 is 2.88 bits per heavy atom. The number of methoxy groups -OCH3 is 2. The molecule has 1 N–H and O–H groups in total. The average Bonchev–Trinajstić information content (AvgIpc) is 2.83. The van der Waals surface area contributed by atoms with Gasteiger partial charge < -0.3 is 19.3 Å². The van der Waals surface area contributed by atoms with Crippen LogP contribution in [0, 0.1) is 6.92 Å². The number of benzene rings is 2. The van der Waals surface area contributed by atoms with E-state index in [2.05, 4.69) is 0 Å². The molecule has 0 spiro atoms. The standard InChI is InChI=1S/C21H28O4/c1-16-7-6-10-19(13-16)25-15-18(22)9-5-4-8-17-11-12-20(23-2)21(14-17)24-3/h6-7,10-14,18,22H,4-5,8-9,15H2,1-3H3/i2D3,4D2,6D,7D,9D2,10D,11D,12D,13D,14D,15D2. The highest BCUT2D eigenvalue weighted by atomic mass is 16.5. The number of aliphatic hydroxyl groups excluding tert-OH is 1. The van der Waals surface area contributed by atoms with Crippen molar-refractivity contribution in [2.45, 2.75) is 38.6 Å². The molecule has 0 aliphatic heterocycles. The van der Waals surface area contributed by atoms with Crippen LogP contribution in [0.25, 0.3) is 0 Å². The molecule has 0 saturated carbocycles. The van der Waals surface area contributed by atoms with Crippen LogP contribution < -0.4 is 14.2 Å². The molecule has 4 heteroatoms. The fraction of sp³-hybridized carbons (Fsp3) is 0.429. The summed E-state index contributed by atoms with van der Waals surface area (Å²) in [4.78, 5) is 0. The van der Waals surface area contributed by atoms with Crippen LogP contribution in [-0.4, -0.2) is 31.9 Å². The Labute approximate surface area is 172 Å². The van der Waals surface area contributed by atoms with Gasteiger partial charge in [-0.25, -0.2) is 0 Å². The Hall–Kier alpha value is -2.20. The summed E-state index contributed by atoms with van der Waals surface area (Å²) in [6.07, 6.45) is -10.7. The van der Waals surface area contributed by atoms with Crippen molar-refractivity contribution in [3.63, 3.8) is 0 Å². The van der Waals surface area contributed by atoms with Crippen LogP contribution in [-0.2, 0) is 6.42 Å². The van der Waals surface area contributed by atoms with E-state index in [0.717, 1.165) is 7.11 Å². The van der Waals surface area contributed by atoms with Gasteiger partial charge in [0.25, 0.3) is 0 Å². The Morgan fingerprint density at radius 1 is 1.20 bits per heavy atom. The number of ether oxygens (including phenoxy) is 3. The van der Waals surface area contributed by atoms with Crippen molar-refractivity contribution in [1.29, 1.82) is 0 Å². The van der Waals surface area contributed by atoms with Crippen molar-refractivity contribution in [2.75, 3.05) is 20.7 Å². The first-order valence-corrected chi connectivity index (χ1v) is 7.18. The third-order valence-electron chi connectivity index (χ3n) is 2.83. The third kappa shape index (κ3) is 6.31. The van der Waals surface area contributed by atoms with E-state index in [0.29, 0.717) is 0 Å². The van der Waals surface area contributed by atoms with Gasteiger partial charge in [0.15, 0.2) is 11.5 Å². The van der Waals surface area contributed by atoms with Gasteiger partial charge in [-0.05, 0) is 61.4 Å². The summed E-state index contributed by atoms with van der Waals surface area (Å²) in [5.74, 6) is -2.13. The van der Waals surface area contributed by atoms with Gasteiger partial charge in [0.2, 0.25) is 0 Å². The van der Waals surface area contributed by atoms with Crippen molar-refractivity contribution in [1.82, 2.24) is 0 Å². The van der Waals surface area contributed by atoms with E-state index >= 15 is 0 Å². The van der Waals surface area contributed by atoms with E-state index in [1.165, 1.54) is 6.92 Å². The van der Waals surface area contributed by atoms with Crippen LogP contribution in [0.3, 0.4) is 0 Å². The van der Waals surface area contributed by atoms with Gasteiger partial charge in [0, 0.05) is 5.48 Å². The van der Waals surface area contributed by atoms with Gasteiger partial charge in [-0.15, -0.1) is 0 Å². The highest BCUT2D eigenvalue weighted by Gasteiger charge is 2.07. The van der Waals surface area contributed by atoms with Gasteiger partial charge in [0.1, 0.15) is 12.3 Å². The SMILES string of the molecule is [2H]c1c([2H])c(C)c([2H])c(OC([2H])([2H])C(O)C([2H])([2H])CC([2H])([2H])Cc2c([2H])c([2H])c(OC([2H])([2H])[2H])c(OC)c2[2H])c1[2H]. The molecule has 0 heterocycles. The Kier molecular flexibility index (Phi) is 2.72. The maximum absolute atomic E-state index is 10.6. The number of rotatable bonds is 10. The maximum Gasteiger partial charge on any atom is 0.160 e. The fourth-order valence-corrected chi connectivity index (χ4v) is 1.70. The lowest BCUT2D eigenvalue weighted by Crippen LogP contribution is -2.17. The molecule has 0 aliphatic rings. The molecule has 0 aromatic heterocycles. The molecule has 0 fully saturated rings. The van der Waals surface area contributed by atoms with E-state index in [1.807, 2.05) is 0 Å². The molecule has 1 atom stereocenters. The zero-order chi connectivity index (χ0) is 32.0. The van der Waals surface area contributed by atoms with E-state index < -0.39 is 110 Å². The second-order valence-corrected chi connectivity index (χ2v) is 4.70. The Morgan fingerprint density at radius 2 is 2.08 bits per heavy atom. The molecule has 136 valence electrons. The monoisotopic (exact) mass is 360 g/mol. The summed E-state index contributed by atoms with van der Waals surface area (Å²) in [5.41, 5.74) is -0.589. The van der Waals surface area contributed by atoms with Crippen LogP contribution >= 0.6 is 0 Å². The molecule has 25 heavy (non-hydrogen) atoms. The normalized spacial score (nSPS) is 23.3. The molecule has 0 bridgehead atoms. The number of aliphatic hydroxyl groups is 1. The van der Waals surface area contributed by atoms with Gasteiger partial charge in [-0.1, -0.05) is 24.5 Å². The summed E-state index contributed by atoms with van der Waals surface area (Å²) >= 11 is 0. The molecule has 2 aromatic carbocycles. The molecule has 0 amide bonds. The summed E-state index contributed by atoms with van der Waals surface area (Å²) in [5, 5.41) is 10.6. The smallest absolute Gasteiger partial charge is 0.160 e. The largest absolute Gasteiger partial charge is 0.493 e. The lowest BCUT2D eigenvalue weighted by atomic mass is 10.0. The molecule has 0 aliphatic carbocycles. The zero-order valence-corrected chi connectivity index (χ0v) is 13.7. The quantitative estimate of drug-likeness (QED) is 0.691. The topological polar surface area (TPSA) is 47.9 Å². The summed E-state index contributed by atoms with van der Waals surface area (Å²) in [6.45, 7) is -2.10. The van der Waals surface area contributed by atoms with Gasteiger partial charge in [-0.3, -0.25) is 0 Å². The van der Waals surface area contributed by atoms with Gasteiger partial charge in [-0.2, -0.15) is 0 Å². The highest BCUT2D eigenvalue weighted by molar-refractivity contribution is 5.42. The first kappa shape index (κ1) is 6.84. The van der Waals surface area contributed by atoms with E-state index in [-0.39, 0.29) is 5.56 Å². The van der Waals surface area contributed by atoms with Crippen molar-refractivity contribution in [3.05, 3.63) is 53.4 Å². The molecule has 2 rings (SSSR count). The molecule has 1 unspecified atom stereocenters. The fourth-order valence-electron chi connectivity index (χ4n) is 1.70. The van der Waals surface area contributed by atoms with Crippen molar-refractivity contribution in [3.8, 4) is 17.2 Å². The molecule has 0 saturated heterocycles. The predicted octanol–water partition coefficient (Wildman–Crippen LogP) is 4.16. The third-order valence-corrected chi connectivity index (χ3v) is 2.83. The van der Waals surface area contributed by atoms with E-state index in [4.69, 9.17) is 36.1 Å². The Balaban J connectivity index is 2.41. The predicted molar refractivity (Wildman–Crippen MR) is 99.8 cm³/mol. The van der Waals surface area contributed by atoms with E-state index in [9.17, 15) is 5.11 Å². The minimum atomic E-state index is -3.36. The molecular weight excluding hydrogens is 316 g/mol. The van der Waals surface area contributed by atoms with Crippen molar-refractivity contribution >= 4 is 0 Å². The average molecular weight is 361 g/mol. The van der Waals surface area contributed by atoms with Crippen LogP contribution in [0.5, 0.6) is 17.2 Å². The second-order valence-electron chi connectivity index (χ2n) is 4.70. The van der Waals surface area contributed by atoms with Crippen LogP contribution in [0.2, 0.25) is 0 Å². The van der Waals surface area contributed by atoms with Crippen LogP contribution in [0.1, 0.15) is 52.2 Å². The zero-order valence-electron chi connectivity index (χ0n) is 29.7. The van der Waals surface area contributed by atoms with Gasteiger partial charge >= 0.3 is 0 Å². The lowest BCUT2D eigenvalue weighted by molar-refractivity contribution is 0.0976. The van der Waals surface area contributed by atoms with Crippen LogP contribution in [0.15, 0.2) is 42.3 Å². The Bertz CT molecular complexity index is 1280. The van der Waals surface area contributed by atoms with Crippen LogP contribution in [0.4, 0.5) is 0 Å². The number of hydrogen-bond acceptors (Lipinski definition) is 4. The second kappa shape index (κ2) is 9.94. The molecule has 0 radical (unpaired) electrons. The van der Waals surface area contributed by atoms with Crippen molar-refractivity contribution < 1.29 is 41.2 Å². The summed E-state index contributed by atoms with van der Waals surface area (Å²) in [7, 11) is -2.03. The van der Waals surface area contributed by atoms with E-state index in [1.54, 1.807) is 0 Å². The van der Waals surface area contributed by atoms with Gasteiger partial charge in [0.05, 0.1) is 36.7 Å². The summed E-state index contributed by atoms with van der Waals surface area (Å²) < 4.78 is 142. The number of hydrogen-bond donors (Lipinski definition) is 1. The minimum absolute atomic E-state index is 0.123. The highest BCUT2D eigenvalue weighted by Crippen LogP contribution is 2.28. The van der Waals surface area contributed by atoms with Crippen molar-refractivity contribution in [2.24, 2.45) is 0 Å². The molecule has 4 nitrogen and oxygen atoms in total. The first-order chi connectivity index (χ1) is 18.4. The minimum Gasteiger partial charge on any atom is -0.493 e.